The van der Waals surface area contributed by atoms with Crippen molar-refractivity contribution in [2.24, 2.45) is 7.05 Å². The van der Waals surface area contributed by atoms with E-state index in [4.69, 9.17) is 0 Å². The van der Waals surface area contributed by atoms with Crippen LogP contribution in [-0.2, 0) is 7.05 Å². The van der Waals surface area contributed by atoms with Crippen molar-refractivity contribution in [2.75, 3.05) is 13.1 Å². The fourth-order valence-corrected chi connectivity index (χ4v) is 4.21. The van der Waals surface area contributed by atoms with Crippen LogP contribution in [0.2, 0.25) is 0 Å². The Bertz CT molecular complexity index is 1200. The van der Waals surface area contributed by atoms with Gasteiger partial charge in [0.25, 0.3) is 5.91 Å². The number of piperidine rings is 1. The SMILES string of the molecule is Cn1cc(-c2ccc(-c3ccc4nccc(C(=O)N5CCCCC5)c4c3)cc2)cn1. The number of fused-ring (bicyclic) bond motifs is 1. The van der Waals surface area contributed by atoms with Crippen LogP contribution in [-0.4, -0.2) is 38.7 Å². The number of carbonyl (C=O) groups is 1. The minimum absolute atomic E-state index is 0.117. The summed E-state index contributed by atoms with van der Waals surface area (Å²) in [5.41, 5.74) is 6.03. The first-order valence-electron chi connectivity index (χ1n) is 10.5. The smallest absolute Gasteiger partial charge is 0.254 e. The highest BCUT2D eigenvalue weighted by Gasteiger charge is 2.20. The molecule has 3 heterocycles. The summed E-state index contributed by atoms with van der Waals surface area (Å²) in [5, 5.41) is 5.16. The van der Waals surface area contributed by atoms with Crippen LogP contribution in [0.4, 0.5) is 0 Å². The van der Waals surface area contributed by atoms with Gasteiger partial charge < -0.3 is 4.90 Å². The number of aromatic nitrogens is 3. The number of nitrogens with zero attached hydrogens (tertiary/aromatic N) is 4. The van der Waals surface area contributed by atoms with Crippen LogP contribution in [0, 0.1) is 0 Å². The first-order valence-corrected chi connectivity index (χ1v) is 10.5. The second-order valence-corrected chi connectivity index (χ2v) is 7.92. The molecule has 0 bridgehead atoms. The summed E-state index contributed by atoms with van der Waals surface area (Å²) in [6.07, 6.45) is 9.00. The Labute approximate surface area is 176 Å². The predicted molar refractivity (Wildman–Crippen MR) is 119 cm³/mol. The van der Waals surface area contributed by atoms with Crippen molar-refractivity contribution in [3.05, 3.63) is 72.7 Å². The molecule has 1 fully saturated rings. The lowest BCUT2D eigenvalue weighted by atomic mass is 9.98. The molecule has 5 heteroatoms. The summed E-state index contributed by atoms with van der Waals surface area (Å²) >= 11 is 0. The van der Waals surface area contributed by atoms with E-state index in [0.29, 0.717) is 0 Å². The van der Waals surface area contributed by atoms with Gasteiger partial charge >= 0.3 is 0 Å². The summed E-state index contributed by atoms with van der Waals surface area (Å²) in [7, 11) is 1.92. The van der Waals surface area contributed by atoms with E-state index in [1.165, 1.54) is 6.42 Å². The monoisotopic (exact) mass is 396 g/mol. The van der Waals surface area contributed by atoms with Crippen molar-refractivity contribution >= 4 is 16.8 Å². The number of aryl methyl sites for hydroxylation is 1. The number of likely N-dealkylation sites (tertiary alicyclic amines) is 1. The zero-order chi connectivity index (χ0) is 20.5. The van der Waals surface area contributed by atoms with Crippen molar-refractivity contribution in [2.45, 2.75) is 19.3 Å². The normalized spacial score (nSPS) is 14.2. The van der Waals surface area contributed by atoms with Crippen LogP contribution < -0.4 is 0 Å². The van der Waals surface area contributed by atoms with E-state index in [9.17, 15) is 4.79 Å². The number of benzene rings is 2. The maximum absolute atomic E-state index is 13.2. The number of hydrogen-bond donors (Lipinski definition) is 0. The molecule has 2 aromatic carbocycles. The molecule has 4 aromatic rings. The van der Waals surface area contributed by atoms with Crippen molar-refractivity contribution < 1.29 is 4.79 Å². The van der Waals surface area contributed by atoms with Crippen molar-refractivity contribution in [3.63, 3.8) is 0 Å². The Balaban J connectivity index is 1.50. The molecule has 150 valence electrons. The molecule has 5 nitrogen and oxygen atoms in total. The van der Waals surface area contributed by atoms with Crippen LogP contribution >= 0.6 is 0 Å². The molecule has 5 rings (SSSR count). The molecule has 0 radical (unpaired) electrons. The van der Waals surface area contributed by atoms with Gasteiger partial charge in [-0.25, -0.2) is 0 Å². The quantitative estimate of drug-likeness (QED) is 0.493. The maximum Gasteiger partial charge on any atom is 0.254 e. The van der Waals surface area contributed by atoms with Crippen LogP contribution in [0.5, 0.6) is 0 Å². The Kier molecular flexibility index (Phi) is 4.79. The number of carbonyl (C=O) groups excluding carboxylic acids is 1. The van der Waals surface area contributed by atoms with Crippen molar-refractivity contribution in [1.82, 2.24) is 19.7 Å². The number of hydrogen-bond acceptors (Lipinski definition) is 3. The van der Waals surface area contributed by atoms with Gasteiger partial charge in [0.1, 0.15) is 0 Å². The van der Waals surface area contributed by atoms with Gasteiger partial charge in [0, 0.05) is 43.5 Å². The third-order valence-corrected chi connectivity index (χ3v) is 5.87. The van der Waals surface area contributed by atoms with Gasteiger partial charge in [-0.1, -0.05) is 30.3 Å². The standard InChI is InChI=1S/C25H24N4O/c1-28-17-21(16-27-28)19-7-5-18(6-8-19)20-9-10-24-23(15-20)22(11-12-26-24)25(30)29-13-3-2-4-14-29/h5-12,15-17H,2-4,13-14H2,1H3. The lowest BCUT2D eigenvalue weighted by molar-refractivity contribution is 0.0726. The van der Waals surface area contributed by atoms with E-state index >= 15 is 0 Å². The van der Waals surface area contributed by atoms with Gasteiger partial charge in [0.2, 0.25) is 0 Å². The van der Waals surface area contributed by atoms with Gasteiger partial charge in [-0.2, -0.15) is 5.10 Å². The van der Waals surface area contributed by atoms with E-state index in [1.54, 1.807) is 10.9 Å². The average molecular weight is 396 g/mol. The van der Waals surface area contributed by atoms with E-state index < -0.39 is 0 Å². The van der Waals surface area contributed by atoms with Gasteiger partial charge in [0.05, 0.1) is 17.3 Å². The number of amides is 1. The second-order valence-electron chi connectivity index (χ2n) is 7.92. The summed E-state index contributed by atoms with van der Waals surface area (Å²) in [4.78, 5) is 19.6. The van der Waals surface area contributed by atoms with Crippen molar-refractivity contribution in [3.8, 4) is 22.3 Å². The molecule has 0 N–H and O–H groups in total. The second kappa shape index (κ2) is 7.75. The molecule has 2 aromatic heterocycles. The lowest BCUT2D eigenvalue weighted by Gasteiger charge is -2.27. The minimum Gasteiger partial charge on any atom is -0.339 e. The fourth-order valence-electron chi connectivity index (χ4n) is 4.21. The fraction of sp³-hybridized carbons (Fsp3) is 0.240. The molecule has 0 atom stereocenters. The number of rotatable bonds is 3. The molecule has 1 amide bonds. The molecule has 1 aliphatic rings. The average Bonchev–Trinajstić information content (AvgIpc) is 3.25. The lowest BCUT2D eigenvalue weighted by Crippen LogP contribution is -2.35. The highest BCUT2D eigenvalue weighted by Crippen LogP contribution is 2.29. The molecule has 30 heavy (non-hydrogen) atoms. The van der Waals surface area contributed by atoms with Gasteiger partial charge in [-0.3, -0.25) is 14.5 Å². The first kappa shape index (κ1) is 18.6. The van der Waals surface area contributed by atoms with E-state index in [1.807, 2.05) is 36.5 Å². The molecule has 1 aliphatic heterocycles. The predicted octanol–water partition coefficient (Wildman–Crippen LogP) is 4.93. The Morgan fingerprint density at radius 3 is 2.27 bits per heavy atom. The highest BCUT2D eigenvalue weighted by molar-refractivity contribution is 6.07. The van der Waals surface area contributed by atoms with E-state index in [-0.39, 0.29) is 5.91 Å². The van der Waals surface area contributed by atoms with Crippen LogP contribution in [0.3, 0.4) is 0 Å². The molecule has 0 saturated carbocycles. The zero-order valence-electron chi connectivity index (χ0n) is 17.1. The van der Waals surface area contributed by atoms with Crippen LogP contribution in [0.1, 0.15) is 29.6 Å². The summed E-state index contributed by atoms with van der Waals surface area (Å²) < 4.78 is 1.81. The highest BCUT2D eigenvalue weighted by atomic mass is 16.2. The summed E-state index contributed by atoms with van der Waals surface area (Å²) in [5.74, 6) is 0.117. The first-order chi connectivity index (χ1) is 14.7. The zero-order valence-corrected chi connectivity index (χ0v) is 17.1. The molecule has 1 saturated heterocycles. The molecule has 0 unspecified atom stereocenters. The summed E-state index contributed by atoms with van der Waals surface area (Å²) in [6.45, 7) is 1.69. The third-order valence-electron chi connectivity index (χ3n) is 5.87. The molecule has 0 spiro atoms. The van der Waals surface area contributed by atoms with Gasteiger partial charge in [0.15, 0.2) is 0 Å². The largest absolute Gasteiger partial charge is 0.339 e. The van der Waals surface area contributed by atoms with Gasteiger partial charge in [-0.15, -0.1) is 0 Å². The van der Waals surface area contributed by atoms with E-state index in [2.05, 4.69) is 46.5 Å². The van der Waals surface area contributed by atoms with Gasteiger partial charge in [-0.05, 0) is 54.2 Å². The topological polar surface area (TPSA) is 51.0 Å². The Morgan fingerprint density at radius 2 is 1.57 bits per heavy atom. The molecular weight excluding hydrogens is 372 g/mol. The summed E-state index contributed by atoms with van der Waals surface area (Å²) in [6, 6.07) is 16.5. The molecule has 0 aliphatic carbocycles. The Morgan fingerprint density at radius 1 is 0.867 bits per heavy atom. The van der Waals surface area contributed by atoms with Crippen LogP contribution in [0.15, 0.2) is 67.1 Å². The van der Waals surface area contributed by atoms with Crippen LogP contribution in [0.25, 0.3) is 33.2 Å². The maximum atomic E-state index is 13.2. The minimum atomic E-state index is 0.117. The molecular formula is C25H24N4O. The van der Waals surface area contributed by atoms with Crippen molar-refractivity contribution in [1.29, 1.82) is 0 Å². The Hall–Kier alpha value is -3.47. The third kappa shape index (κ3) is 3.47. The van der Waals surface area contributed by atoms with E-state index in [0.717, 1.165) is 64.7 Å². The number of pyridine rings is 1.